The normalized spacial score (nSPS) is 14.7. The summed E-state index contributed by atoms with van der Waals surface area (Å²) in [5.41, 5.74) is -0.755. The van der Waals surface area contributed by atoms with Gasteiger partial charge in [-0.25, -0.2) is 22.0 Å². The molecule has 0 aliphatic carbocycles. The van der Waals surface area contributed by atoms with E-state index >= 15 is 0 Å². The average Bonchev–Trinajstić information content (AvgIpc) is 3.18. The number of rotatable bonds is 5. The fraction of sp³-hybridized carbons (Fsp3) is 0.136. The van der Waals surface area contributed by atoms with E-state index < -0.39 is 46.7 Å². The van der Waals surface area contributed by atoms with Crippen LogP contribution < -0.4 is 14.8 Å². The molecule has 0 fully saturated rings. The first-order chi connectivity index (χ1) is 14.8. The van der Waals surface area contributed by atoms with Crippen LogP contribution in [0.1, 0.15) is 15.9 Å². The molecule has 0 radical (unpaired) electrons. The maximum absolute atomic E-state index is 13.8. The number of fused-ring (bicyclic) bond motifs is 1. The summed E-state index contributed by atoms with van der Waals surface area (Å²) in [6.07, 6.45) is -0.245. The van der Waals surface area contributed by atoms with Crippen LogP contribution in [-0.2, 0) is 6.42 Å². The predicted molar refractivity (Wildman–Crippen MR) is 99.6 cm³/mol. The third kappa shape index (κ3) is 4.03. The van der Waals surface area contributed by atoms with Crippen LogP contribution in [0.3, 0.4) is 0 Å². The molecule has 160 valence electrons. The number of hydrogen-bond acceptors (Lipinski definition) is 3. The van der Waals surface area contributed by atoms with Gasteiger partial charge >= 0.3 is 0 Å². The number of halogens is 5. The van der Waals surface area contributed by atoms with Crippen molar-refractivity contribution >= 4 is 5.91 Å². The van der Waals surface area contributed by atoms with Gasteiger partial charge in [0.2, 0.25) is 5.82 Å². The minimum absolute atomic E-state index is 0.206. The van der Waals surface area contributed by atoms with Gasteiger partial charge in [-0.3, -0.25) is 4.79 Å². The number of ether oxygens (including phenoxy) is 2. The van der Waals surface area contributed by atoms with E-state index in [1.807, 2.05) is 18.2 Å². The lowest BCUT2D eigenvalue weighted by atomic mass is 10.1. The van der Waals surface area contributed by atoms with Crippen molar-refractivity contribution in [3.63, 3.8) is 0 Å². The topological polar surface area (TPSA) is 47.6 Å². The van der Waals surface area contributed by atoms with Crippen molar-refractivity contribution in [2.75, 3.05) is 6.54 Å². The Bertz CT molecular complexity index is 1120. The van der Waals surface area contributed by atoms with E-state index in [0.717, 1.165) is 5.56 Å². The van der Waals surface area contributed by atoms with Crippen LogP contribution >= 0.6 is 0 Å². The number of carbonyl (C=O) groups excluding carboxylic acids is 1. The molecule has 0 aromatic heterocycles. The molecular weight excluding hydrogens is 421 g/mol. The zero-order valence-electron chi connectivity index (χ0n) is 15.7. The minimum Gasteiger partial charge on any atom is -0.488 e. The van der Waals surface area contributed by atoms with Crippen molar-refractivity contribution in [3.05, 3.63) is 88.7 Å². The number of nitrogens with one attached hydrogen (secondary N) is 1. The van der Waals surface area contributed by atoms with Crippen LogP contribution in [0.25, 0.3) is 0 Å². The van der Waals surface area contributed by atoms with Crippen LogP contribution in [0.2, 0.25) is 0 Å². The van der Waals surface area contributed by atoms with Gasteiger partial charge < -0.3 is 14.8 Å². The molecule has 1 aliphatic rings. The molecule has 3 aromatic carbocycles. The maximum atomic E-state index is 13.8. The van der Waals surface area contributed by atoms with Crippen LogP contribution in [-0.4, -0.2) is 18.6 Å². The number of para-hydroxylation sites is 1. The molecule has 0 saturated heterocycles. The first-order valence-corrected chi connectivity index (χ1v) is 9.17. The second kappa shape index (κ2) is 8.25. The SMILES string of the molecule is O=C(NC[C@@H]1Cc2cc(Oc3ccccc3)ccc2O1)c1c(F)c(F)c(F)c(F)c1F. The van der Waals surface area contributed by atoms with Crippen LogP contribution in [0, 0.1) is 29.1 Å². The summed E-state index contributed by atoms with van der Waals surface area (Å²) < 4.78 is 78.7. The fourth-order valence-corrected chi connectivity index (χ4v) is 3.20. The van der Waals surface area contributed by atoms with E-state index in [-0.39, 0.29) is 6.54 Å². The van der Waals surface area contributed by atoms with Crippen molar-refractivity contribution in [2.45, 2.75) is 12.5 Å². The van der Waals surface area contributed by atoms with Gasteiger partial charge in [-0.05, 0) is 30.3 Å². The molecule has 4 rings (SSSR count). The highest BCUT2D eigenvalue weighted by Gasteiger charge is 2.31. The summed E-state index contributed by atoms with van der Waals surface area (Å²) in [6, 6.07) is 14.2. The van der Waals surface area contributed by atoms with E-state index in [1.165, 1.54) is 0 Å². The molecule has 3 aromatic rings. The van der Waals surface area contributed by atoms with Gasteiger partial charge in [0.25, 0.3) is 5.91 Å². The quantitative estimate of drug-likeness (QED) is 0.352. The van der Waals surface area contributed by atoms with E-state index in [4.69, 9.17) is 9.47 Å². The van der Waals surface area contributed by atoms with Crippen LogP contribution in [0.5, 0.6) is 17.2 Å². The average molecular weight is 435 g/mol. The molecule has 1 atom stereocenters. The molecule has 1 amide bonds. The summed E-state index contributed by atoms with van der Waals surface area (Å²) in [4.78, 5) is 12.1. The second-order valence-electron chi connectivity index (χ2n) is 6.78. The molecule has 31 heavy (non-hydrogen) atoms. The van der Waals surface area contributed by atoms with Crippen LogP contribution in [0.4, 0.5) is 22.0 Å². The number of hydrogen-bond donors (Lipinski definition) is 1. The van der Waals surface area contributed by atoms with Gasteiger partial charge in [-0.15, -0.1) is 0 Å². The molecule has 9 heteroatoms. The van der Waals surface area contributed by atoms with Gasteiger partial charge in [0, 0.05) is 12.0 Å². The Hall–Kier alpha value is -3.62. The highest BCUT2D eigenvalue weighted by Crippen LogP contribution is 2.33. The second-order valence-corrected chi connectivity index (χ2v) is 6.78. The molecular formula is C22H14F5NO3. The highest BCUT2D eigenvalue weighted by atomic mass is 19.2. The van der Waals surface area contributed by atoms with E-state index in [9.17, 15) is 26.7 Å². The third-order valence-corrected chi connectivity index (χ3v) is 4.68. The highest BCUT2D eigenvalue weighted by molar-refractivity contribution is 5.94. The van der Waals surface area contributed by atoms with Crippen molar-refractivity contribution < 1.29 is 36.2 Å². The predicted octanol–water partition coefficient (Wildman–Crippen LogP) is 4.91. The summed E-state index contributed by atoms with van der Waals surface area (Å²) >= 11 is 0. The molecule has 4 nitrogen and oxygen atoms in total. The number of carbonyl (C=O) groups is 1. The smallest absolute Gasteiger partial charge is 0.257 e. The number of amides is 1. The van der Waals surface area contributed by atoms with Gasteiger partial charge in [-0.2, -0.15) is 0 Å². The van der Waals surface area contributed by atoms with E-state index in [2.05, 4.69) is 5.32 Å². The lowest BCUT2D eigenvalue weighted by molar-refractivity contribution is 0.0921. The summed E-state index contributed by atoms with van der Waals surface area (Å²) in [5.74, 6) is -10.7. The van der Waals surface area contributed by atoms with E-state index in [1.54, 1.807) is 30.3 Å². The Balaban J connectivity index is 1.42. The molecule has 1 N–H and O–H groups in total. The molecule has 0 unspecified atom stereocenters. The zero-order chi connectivity index (χ0) is 22.1. The standard InChI is InChI=1S/C22H14F5NO3/c23-17-16(18(24)20(26)21(27)19(17)25)22(29)28-10-14-9-11-8-13(6-7-15(11)31-14)30-12-4-2-1-3-5-12/h1-8,14H,9-10H2,(H,28,29)/t14-/m0/s1. The Morgan fingerprint density at radius 1 is 0.903 bits per heavy atom. The minimum atomic E-state index is -2.32. The van der Waals surface area contributed by atoms with Gasteiger partial charge in [0.05, 0.1) is 6.54 Å². The van der Waals surface area contributed by atoms with Gasteiger partial charge in [0.1, 0.15) is 28.9 Å². The summed E-state index contributed by atoms with van der Waals surface area (Å²) in [7, 11) is 0. The molecule has 1 aliphatic heterocycles. The van der Waals surface area contributed by atoms with Crippen molar-refractivity contribution in [1.82, 2.24) is 5.32 Å². The molecule has 0 bridgehead atoms. The molecule has 0 saturated carbocycles. The lowest BCUT2D eigenvalue weighted by Gasteiger charge is -2.13. The Morgan fingerprint density at radius 3 is 2.23 bits per heavy atom. The van der Waals surface area contributed by atoms with Crippen molar-refractivity contribution in [2.24, 2.45) is 0 Å². The van der Waals surface area contributed by atoms with E-state index in [0.29, 0.717) is 23.7 Å². The maximum Gasteiger partial charge on any atom is 0.257 e. The first-order valence-electron chi connectivity index (χ1n) is 9.17. The number of benzene rings is 3. The summed E-state index contributed by atoms with van der Waals surface area (Å²) in [6.45, 7) is -0.206. The Morgan fingerprint density at radius 2 is 1.55 bits per heavy atom. The summed E-state index contributed by atoms with van der Waals surface area (Å²) in [5, 5.41) is 2.15. The van der Waals surface area contributed by atoms with Crippen molar-refractivity contribution in [3.8, 4) is 17.2 Å². The monoisotopic (exact) mass is 435 g/mol. The largest absolute Gasteiger partial charge is 0.488 e. The lowest BCUT2D eigenvalue weighted by Crippen LogP contribution is -2.35. The Labute approximate surface area is 173 Å². The molecule has 0 spiro atoms. The zero-order valence-corrected chi connectivity index (χ0v) is 15.7. The van der Waals surface area contributed by atoms with Gasteiger partial charge in [0.15, 0.2) is 23.3 Å². The fourth-order valence-electron chi connectivity index (χ4n) is 3.20. The Kier molecular flexibility index (Phi) is 5.50. The van der Waals surface area contributed by atoms with Gasteiger partial charge in [-0.1, -0.05) is 18.2 Å². The molecule has 1 heterocycles. The third-order valence-electron chi connectivity index (χ3n) is 4.68. The van der Waals surface area contributed by atoms with Crippen molar-refractivity contribution in [1.29, 1.82) is 0 Å². The first kappa shape index (κ1) is 20.6. The van der Waals surface area contributed by atoms with Crippen LogP contribution in [0.15, 0.2) is 48.5 Å².